The Morgan fingerprint density at radius 1 is 1.24 bits per heavy atom. The van der Waals surface area contributed by atoms with E-state index in [-0.39, 0.29) is 11.4 Å². The van der Waals surface area contributed by atoms with Gasteiger partial charge in [0, 0.05) is 23.8 Å². The third-order valence-electron chi connectivity index (χ3n) is 4.53. The van der Waals surface area contributed by atoms with Crippen LogP contribution in [0.4, 0.5) is 5.69 Å². The first-order chi connectivity index (χ1) is 9.87. The largest absolute Gasteiger partial charge is 0.465 e. The zero-order chi connectivity index (χ0) is 15.4. The van der Waals surface area contributed by atoms with Gasteiger partial charge in [0.2, 0.25) is 0 Å². The zero-order valence-electron chi connectivity index (χ0n) is 12.9. The van der Waals surface area contributed by atoms with Crippen molar-refractivity contribution in [2.75, 3.05) is 19.1 Å². The smallest absolute Gasteiger partial charge is 0.337 e. The quantitative estimate of drug-likeness (QED) is 0.743. The van der Waals surface area contributed by atoms with E-state index in [2.05, 4.69) is 31.4 Å². The second kappa shape index (κ2) is 4.35. The molecule has 3 nitrogen and oxygen atoms in total. The fourth-order valence-electron chi connectivity index (χ4n) is 3.21. The molecule has 3 heteroatoms. The van der Waals surface area contributed by atoms with Crippen molar-refractivity contribution in [3.63, 3.8) is 0 Å². The lowest BCUT2D eigenvalue weighted by molar-refractivity contribution is 0.0601. The number of fused-ring (bicyclic) bond motifs is 3. The van der Waals surface area contributed by atoms with Gasteiger partial charge in [0.05, 0.1) is 12.7 Å². The molecule has 0 radical (unpaired) electrons. The standard InChI is InChI=1S/C18H19NO2/c1-11-18(2,3)16-14-8-6-13(17(20)21-5)10-12(14)7-9-15(16)19(11)4/h6-10H,1H2,2-5H3. The molecule has 2 aromatic carbocycles. The molecule has 0 saturated heterocycles. The number of esters is 1. The lowest BCUT2D eigenvalue weighted by Crippen LogP contribution is -2.21. The average Bonchev–Trinajstić information content (AvgIpc) is 2.67. The molecule has 0 aliphatic carbocycles. The molecular weight excluding hydrogens is 262 g/mol. The molecule has 0 spiro atoms. The Kier molecular flexibility index (Phi) is 2.84. The summed E-state index contributed by atoms with van der Waals surface area (Å²) in [7, 11) is 3.45. The van der Waals surface area contributed by atoms with Crippen molar-refractivity contribution < 1.29 is 9.53 Å². The van der Waals surface area contributed by atoms with Crippen molar-refractivity contribution in [3.05, 3.63) is 53.7 Å². The normalized spacial score (nSPS) is 16.2. The minimum atomic E-state index is -0.307. The Bertz CT molecular complexity index is 774. The van der Waals surface area contributed by atoms with Gasteiger partial charge in [-0.25, -0.2) is 4.79 Å². The number of hydrogen-bond acceptors (Lipinski definition) is 3. The van der Waals surface area contributed by atoms with Crippen molar-refractivity contribution in [3.8, 4) is 0 Å². The Hall–Kier alpha value is -2.29. The Labute approximate surface area is 124 Å². The summed E-state index contributed by atoms with van der Waals surface area (Å²) < 4.78 is 4.79. The van der Waals surface area contributed by atoms with Crippen molar-refractivity contribution >= 4 is 22.4 Å². The SMILES string of the molecule is C=C1N(C)c2ccc3cc(C(=O)OC)ccc3c2C1(C)C. The highest BCUT2D eigenvalue weighted by Gasteiger charge is 2.38. The topological polar surface area (TPSA) is 29.5 Å². The highest BCUT2D eigenvalue weighted by molar-refractivity contribution is 5.99. The van der Waals surface area contributed by atoms with Crippen LogP contribution in [0.25, 0.3) is 10.8 Å². The molecule has 0 aromatic heterocycles. The molecule has 1 aliphatic rings. The first kappa shape index (κ1) is 13.7. The molecule has 2 aromatic rings. The number of ether oxygens (including phenoxy) is 1. The minimum Gasteiger partial charge on any atom is -0.465 e. The van der Waals surface area contributed by atoms with Crippen LogP contribution in [0, 0.1) is 0 Å². The van der Waals surface area contributed by atoms with Gasteiger partial charge in [0.25, 0.3) is 0 Å². The maximum Gasteiger partial charge on any atom is 0.337 e. The summed E-state index contributed by atoms with van der Waals surface area (Å²) in [5.74, 6) is -0.307. The summed E-state index contributed by atoms with van der Waals surface area (Å²) in [6, 6.07) is 9.86. The van der Waals surface area contributed by atoms with E-state index in [1.807, 2.05) is 31.3 Å². The first-order valence-electron chi connectivity index (χ1n) is 6.96. The molecule has 0 fully saturated rings. The van der Waals surface area contributed by atoms with Gasteiger partial charge < -0.3 is 9.64 Å². The van der Waals surface area contributed by atoms with Gasteiger partial charge in [0.1, 0.15) is 0 Å². The first-order valence-corrected chi connectivity index (χ1v) is 6.96. The van der Waals surface area contributed by atoms with Crippen LogP contribution >= 0.6 is 0 Å². The highest BCUT2D eigenvalue weighted by Crippen LogP contribution is 2.49. The van der Waals surface area contributed by atoms with Crippen molar-refractivity contribution in [1.82, 2.24) is 0 Å². The van der Waals surface area contributed by atoms with Gasteiger partial charge in [0.15, 0.2) is 0 Å². The van der Waals surface area contributed by atoms with Gasteiger partial charge in [-0.05, 0) is 34.5 Å². The number of hydrogen-bond donors (Lipinski definition) is 0. The fraction of sp³-hybridized carbons (Fsp3) is 0.278. The van der Waals surface area contributed by atoms with Crippen molar-refractivity contribution in [2.24, 2.45) is 0 Å². The predicted octanol–water partition coefficient (Wildman–Crippen LogP) is 3.87. The van der Waals surface area contributed by atoms with Gasteiger partial charge in [-0.15, -0.1) is 0 Å². The van der Waals surface area contributed by atoms with Crippen LogP contribution in [0.1, 0.15) is 29.8 Å². The Morgan fingerprint density at radius 2 is 1.95 bits per heavy atom. The third-order valence-corrected chi connectivity index (χ3v) is 4.53. The predicted molar refractivity (Wildman–Crippen MR) is 85.9 cm³/mol. The molecule has 0 saturated carbocycles. The summed E-state index contributed by atoms with van der Waals surface area (Å²) in [6.07, 6.45) is 0. The Balaban J connectivity index is 2.29. The van der Waals surface area contributed by atoms with Crippen LogP contribution in [0.5, 0.6) is 0 Å². The monoisotopic (exact) mass is 281 g/mol. The van der Waals surface area contributed by atoms with Crippen molar-refractivity contribution in [2.45, 2.75) is 19.3 Å². The number of methoxy groups -OCH3 is 1. The van der Waals surface area contributed by atoms with Gasteiger partial charge in [-0.3, -0.25) is 0 Å². The number of rotatable bonds is 1. The average molecular weight is 281 g/mol. The lowest BCUT2D eigenvalue weighted by Gasteiger charge is -2.23. The number of allylic oxidation sites excluding steroid dienone is 1. The molecule has 108 valence electrons. The molecule has 0 unspecified atom stereocenters. The molecule has 1 aliphatic heterocycles. The molecular formula is C18H19NO2. The van der Waals surface area contributed by atoms with E-state index in [9.17, 15) is 4.79 Å². The van der Waals surface area contributed by atoms with E-state index in [1.54, 1.807) is 0 Å². The van der Waals surface area contributed by atoms with E-state index in [4.69, 9.17) is 4.74 Å². The zero-order valence-corrected chi connectivity index (χ0v) is 12.9. The maximum absolute atomic E-state index is 11.7. The van der Waals surface area contributed by atoms with Crippen LogP contribution in [0.15, 0.2) is 42.6 Å². The highest BCUT2D eigenvalue weighted by atomic mass is 16.5. The number of benzene rings is 2. The second-order valence-electron chi connectivity index (χ2n) is 6.02. The second-order valence-corrected chi connectivity index (χ2v) is 6.02. The van der Waals surface area contributed by atoms with Crippen molar-refractivity contribution in [1.29, 1.82) is 0 Å². The lowest BCUT2D eigenvalue weighted by atomic mass is 9.81. The van der Waals surface area contributed by atoms with E-state index in [0.717, 1.165) is 16.5 Å². The van der Waals surface area contributed by atoms with E-state index < -0.39 is 0 Å². The minimum absolute atomic E-state index is 0.115. The number of anilines is 1. The number of likely N-dealkylation sites (N-methyl/N-ethyl adjacent to an activating group) is 1. The van der Waals surface area contributed by atoms with Crippen LogP contribution in [0.2, 0.25) is 0 Å². The fourth-order valence-corrected chi connectivity index (χ4v) is 3.21. The summed E-state index contributed by atoms with van der Waals surface area (Å²) in [5, 5.41) is 2.21. The van der Waals surface area contributed by atoms with Crippen LogP contribution in [-0.2, 0) is 10.2 Å². The van der Waals surface area contributed by atoms with Crippen LogP contribution in [-0.4, -0.2) is 20.1 Å². The van der Waals surface area contributed by atoms with Gasteiger partial charge >= 0.3 is 5.97 Å². The summed E-state index contributed by atoms with van der Waals surface area (Å²) >= 11 is 0. The van der Waals surface area contributed by atoms with Gasteiger partial charge in [-0.2, -0.15) is 0 Å². The third kappa shape index (κ3) is 1.77. The number of carbonyl (C=O) groups is 1. The summed E-state index contributed by atoms with van der Waals surface area (Å²) in [6.45, 7) is 8.59. The molecule has 0 atom stereocenters. The summed E-state index contributed by atoms with van der Waals surface area (Å²) in [5.41, 5.74) is 4.00. The van der Waals surface area contributed by atoms with E-state index in [1.165, 1.54) is 18.4 Å². The molecule has 21 heavy (non-hydrogen) atoms. The Morgan fingerprint density at radius 3 is 2.62 bits per heavy atom. The van der Waals surface area contributed by atoms with E-state index >= 15 is 0 Å². The van der Waals surface area contributed by atoms with E-state index in [0.29, 0.717) is 5.56 Å². The van der Waals surface area contributed by atoms with Crippen LogP contribution in [0.3, 0.4) is 0 Å². The van der Waals surface area contributed by atoms with Gasteiger partial charge in [-0.1, -0.05) is 32.6 Å². The molecule has 1 heterocycles. The molecule has 0 bridgehead atoms. The molecule has 0 N–H and O–H groups in total. The van der Waals surface area contributed by atoms with Crippen LogP contribution < -0.4 is 4.90 Å². The molecule has 0 amide bonds. The molecule has 3 rings (SSSR count). The number of nitrogens with zero attached hydrogens (tertiary/aromatic N) is 1. The number of carbonyl (C=O) groups excluding carboxylic acids is 1. The summed E-state index contributed by atoms with van der Waals surface area (Å²) in [4.78, 5) is 13.8. The maximum atomic E-state index is 11.7.